The maximum atomic E-state index is 13.2. The van der Waals surface area contributed by atoms with Gasteiger partial charge in [-0.05, 0) is 53.6 Å². The second-order valence-corrected chi connectivity index (χ2v) is 8.24. The molecular weight excluding hydrogens is 384 g/mol. The lowest BCUT2D eigenvalue weighted by Gasteiger charge is -2.32. The van der Waals surface area contributed by atoms with E-state index in [2.05, 4.69) is 37.4 Å². The molecule has 4 rings (SSSR count). The molecule has 0 bridgehead atoms. The van der Waals surface area contributed by atoms with E-state index in [1.54, 1.807) is 0 Å². The zero-order valence-electron chi connectivity index (χ0n) is 18.4. The summed E-state index contributed by atoms with van der Waals surface area (Å²) >= 11 is 0. The number of aryl methyl sites for hydroxylation is 2. The van der Waals surface area contributed by atoms with Crippen LogP contribution in [0.2, 0.25) is 0 Å². The van der Waals surface area contributed by atoms with Crippen LogP contribution in [-0.2, 0) is 17.6 Å². The molecule has 1 saturated heterocycles. The number of carbonyl (C=O) groups excluding carboxylic acids is 2. The average Bonchev–Trinajstić information content (AvgIpc) is 2.83. The van der Waals surface area contributed by atoms with Gasteiger partial charge >= 0.3 is 0 Å². The molecule has 160 valence electrons. The predicted molar refractivity (Wildman–Crippen MR) is 126 cm³/mol. The molecule has 31 heavy (non-hydrogen) atoms. The van der Waals surface area contributed by atoms with Crippen LogP contribution in [0.25, 0.3) is 10.8 Å². The smallest absolute Gasteiger partial charge is 0.254 e. The molecule has 1 aliphatic heterocycles. The highest BCUT2D eigenvalue weighted by Gasteiger charge is 2.29. The van der Waals surface area contributed by atoms with E-state index in [0.29, 0.717) is 25.9 Å². The SMILES string of the molecule is CCc1cccc(CC)c1NC(=O)C1CCN(C(=O)c2cccc3ccccc23)CC1. The van der Waals surface area contributed by atoms with Gasteiger partial charge in [0.05, 0.1) is 0 Å². The van der Waals surface area contributed by atoms with Crippen LogP contribution < -0.4 is 5.32 Å². The molecule has 2 amide bonds. The fourth-order valence-corrected chi connectivity index (χ4v) is 4.56. The molecule has 0 unspecified atom stereocenters. The number of rotatable bonds is 5. The Bertz CT molecular complexity index is 1070. The van der Waals surface area contributed by atoms with Gasteiger partial charge in [0.15, 0.2) is 0 Å². The molecule has 4 heteroatoms. The summed E-state index contributed by atoms with van der Waals surface area (Å²) < 4.78 is 0. The Morgan fingerprint density at radius 3 is 2.16 bits per heavy atom. The first-order chi connectivity index (χ1) is 15.1. The summed E-state index contributed by atoms with van der Waals surface area (Å²) in [6, 6.07) is 20.1. The summed E-state index contributed by atoms with van der Waals surface area (Å²) in [6.45, 7) is 5.44. The van der Waals surface area contributed by atoms with Crippen LogP contribution >= 0.6 is 0 Å². The van der Waals surface area contributed by atoms with Crippen LogP contribution in [0.3, 0.4) is 0 Å². The largest absolute Gasteiger partial charge is 0.339 e. The van der Waals surface area contributed by atoms with Gasteiger partial charge in [-0.1, -0.05) is 68.4 Å². The fourth-order valence-electron chi connectivity index (χ4n) is 4.56. The highest BCUT2D eigenvalue weighted by Crippen LogP contribution is 2.27. The summed E-state index contributed by atoms with van der Waals surface area (Å²) in [7, 11) is 0. The van der Waals surface area contributed by atoms with Crippen LogP contribution in [0.5, 0.6) is 0 Å². The Hall–Kier alpha value is -3.14. The molecule has 0 aromatic heterocycles. The molecular formula is C27H30N2O2. The third kappa shape index (κ3) is 4.34. The lowest BCUT2D eigenvalue weighted by atomic mass is 9.94. The number of piperidine rings is 1. The molecule has 4 nitrogen and oxygen atoms in total. The summed E-state index contributed by atoms with van der Waals surface area (Å²) in [6.07, 6.45) is 3.17. The fraction of sp³-hybridized carbons (Fsp3) is 0.333. The number of amides is 2. The van der Waals surface area contributed by atoms with E-state index >= 15 is 0 Å². The lowest BCUT2D eigenvalue weighted by molar-refractivity contribution is -0.121. The Morgan fingerprint density at radius 1 is 0.871 bits per heavy atom. The normalized spacial score (nSPS) is 14.6. The third-order valence-electron chi connectivity index (χ3n) is 6.42. The molecule has 3 aromatic carbocycles. The van der Waals surface area contributed by atoms with E-state index in [1.165, 1.54) is 11.1 Å². The average molecular weight is 415 g/mol. The number of benzene rings is 3. The standard InChI is InChI=1S/C27H30N2O2/c1-3-19-10-7-11-20(4-2)25(19)28-26(30)22-15-17-29(18-16-22)27(31)24-14-8-12-21-9-5-6-13-23(21)24/h5-14,22H,3-4,15-18H2,1-2H3,(H,28,30). The molecule has 1 heterocycles. The minimum Gasteiger partial charge on any atom is -0.339 e. The van der Waals surface area contributed by atoms with Gasteiger partial charge in [0, 0.05) is 30.3 Å². The van der Waals surface area contributed by atoms with Gasteiger partial charge in [-0.2, -0.15) is 0 Å². The summed E-state index contributed by atoms with van der Waals surface area (Å²) in [4.78, 5) is 28.1. The number of hydrogen-bond acceptors (Lipinski definition) is 2. The van der Waals surface area contributed by atoms with E-state index in [-0.39, 0.29) is 17.7 Å². The summed E-state index contributed by atoms with van der Waals surface area (Å²) in [5.41, 5.74) is 4.07. The molecule has 1 N–H and O–H groups in total. The van der Waals surface area contributed by atoms with Crippen molar-refractivity contribution in [2.75, 3.05) is 18.4 Å². The number of carbonyl (C=O) groups is 2. The first kappa shape index (κ1) is 21.1. The molecule has 0 radical (unpaired) electrons. The number of likely N-dealkylation sites (tertiary alicyclic amines) is 1. The summed E-state index contributed by atoms with van der Waals surface area (Å²) in [5, 5.41) is 5.27. The van der Waals surface area contributed by atoms with Gasteiger partial charge in [-0.15, -0.1) is 0 Å². The molecule has 0 atom stereocenters. The maximum absolute atomic E-state index is 13.2. The number of para-hydroxylation sites is 1. The second-order valence-electron chi connectivity index (χ2n) is 8.24. The molecule has 0 aliphatic carbocycles. The van der Waals surface area contributed by atoms with Crippen molar-refractivity contribution in [3.63, 3.8) is 0 Å². The zero-order valence-corrected chi connectivity index (χ0v) is 18.4. The van der Waals surface area contributed by atoms with Crippen LogP contribution in [0.15, 0.2) is 60.7 Å². The van der Waals surface area contributed by atoms with Gasteiger partial charge in [0.25, 0.3) is 5.91 Å². The van der Waals surface area contributed by atoms with Crippen molar-refractivity contribution < 1.29 is 9.59 Å². The second kappa shape index (κ2) is 9.34. The van der Waals surface area contributed by atoms with Crippen molar-refractivity contribution in [1.82, 2.24) is 4.90 Å². The lowest BCUT2D eigenvalue weighted by Crippen LogP contribution is -2.41. The van der Waals surface area contributed by atoms with Crippen molar-refractivity contribution in [3.05, 3.63) is 77.4 Å². The molecule has 0 saturated carbocycles. The van der Waals surface area contributed by atoms with Crippen molar-refractivity contribution in [3.8, 4) is 0 Å². The van der Waals surface area contributed by atoms with Crippen molar-refractivity contribution >= 4 is 28.3 Å². The van der Waals surface area contributed by atoms with Gasteiger partial charge in [0.1, 0.15) is 0 Å². The van der Waals surface area contributed by atoms with Crippen molar-refractivity contribution in [1.29, 1.82) is 0 Å². The van der Waals surface area contributed by atoms with Crippen LogP contribution in [0.1, 0.15) is 48.2 Å². The number of hydrogen-bond donors (Lipinski definition) is 1. The monoisotopic (exact) mass is 414 g/mol. The first-order valence-electron chi connectivity index (χ1n) is 11.3. The molecule has 1 fully saturated rings. The number of fused-ring (bicyclic) bond motifs is 1. The molecule has 1 aliphatic rings. The highest BCUT2D eigenvalue weighted by molar-refractivity contribution is 6.07. The van der Waals surface area contributed by atoms with Crippen LogP contribution in [-0.4, -0.2) is 29.8 Å². The predicted octanol–water partition coefficient (Wildman–Crippen LogP) is 5.46. The van der Waals surface area contributed by atoms with E-state index in [9.17, 15) is 9.59 Å². The third-order valence-corrected chi connectivity index (χ3v) is 6.42. The zero-order chi connectivity index (χ0) is 21.8. The van der Waals surface area contributed by atoms with Gasteiger partial charge in [-0.3, -0.25) is 9.59 Å². The van der Waals surface area contributed by atoms with E-state index in [1.807, 2.05) is 47.4 Å². The Balaban J connectivity index is 1.43. The number of anilines is 1. The van der Waals surface area contributed by atoms with E-state index in [4.69, 9.17) is 0 Å². The topological polar surface area (TPSA) is 49.4 Å². The number of nitrogens with zero attached hydrogens (tertiary/aromatic N) is 1. The van der Waals surface area contributed by atoms with Crippen molar-refractivity contribution in [2.45, 2.75) is 39.5 Å². The molecule has 3 aromatic rings. The summed E-state index contributed by atoms with van der Waals surface area (Å²) in [5.74, 6) is 0.0688. The molecule has 0 spiro atoms. The van der Waals surface area contributed by atoms with E-state index in [0.717, 1.165) is 34.9 Å². The van der Waals surface area contributed by atoms with Gasteiger partial charge in [-0.25, -0.2) is 0 Å². The van der Waals surface area contributed by atoms with Crippen molar-refractivity contribution in [2.24, 2.45) is 5.92 Å². The quantitative estimate of drug-likeness (QED) is 0.603. The minimum absolute atomic E-state index is 0.0558. The Kier molecular flexibility index (Phi) is 6.36. The van der Waals surface area contributed by atoms with Gasteiger partial charge in [0.2, 0.25) is 5.91 Å². The first-order valence-corrected chi connectivity index (χ1v) is 11.3. The van der Waals surface area contributed by atoms with Gasteiger partial charge < -0.3 is 10.2 Å². The number of nitrogens with one attached hydrogen (secondary N) is 1. The van der Waals surface area contributed by atoms with Crippen LogP contribution in [0.4, 0.5) is 5.69 Å². The highest BCUT2D eigenvalue weighted by atomic mass is 16.2. The maximum Gasteiger partial charge on any atom is 0.254 e. The van der Waals surface area contributed by atoms with Crippen LogP contribution in [0, 0.1) is 5.92 Å². The minimum atomic E-state index is -0.0637. The Morgan fingerprint density at radius 2 is 1.48 bits per heavy atom. The van der Waals surface area contributed by atoms with E-state index < -0.39 is 0 Å². The Labute approximate surface area is 184 Å².